The second kappa shape index (κ2) is 12.7. The highest BCUT2D eigenvalue weighted by atomic mass is 16.5. The average Bonchev–Trinajstić information content (AvgIpc) is 2.37. The van der Waals surface area contributed by atoms with Gasteiger partial charge < -0.3 is 4.74 Å². The first-order valence-corrected chi connectivity index (χ1v) is 7.57. The molecule has 2 nitrogen and oxygen atoms in total. The summed E-state index contributed by atoms with van der Waals surface area (Å²) in [5.74, 6) is -0.195. The highest BCUT2D eigenvalue weighted by Crippen LogP contribution is 2.10. The lowest BCUT2D eigenvalue weighted by molar-refractivity contribution is -0.139. The molecule has 0 N–H and O–H groups in total. The first kappa shape index (κ1) is 17.2. The summed E-state index contributed by atoms with van der Waals surface area (Å²) in [4.78, 5) is 11.6. The molecule has 106 valence electrons. The van der Waals surface area contributed by atoms with Crippen molar-refractivity contribution in [2.45, 2.75) is 78.1 Å². The molecular formula is C16H30O2. The Morgan fingerprint density at radius 2 is 1.44 bits per heavy atom. The van der Waals surface area contributed by atoms with Crippen LogP contribution in [0.2, 0.25) is 0 Å². The lowest BCUT2D eigenvalue weighted by atomic mass is 10.1. The average molecular weight is 254 g/mol. The molecule has 0 aliphatic heterocycles. The zero-order valence-electron chi connectivity index (χ0n) is 12.3. The maximum absolute atomic E-state index is 11.6. The Morgan fingerprint density at radius 3 is 2.11 bits per heavy atom. The summed E-state index contributed by atoms with van der Waals surface area (Å²) in [5.41, 5.74) is 0.634. The van der Waals surface area contributed by atoms with Gasteiger partial charge in [-0.25, -0.2) is 4.79 Å². The van der Waals surface area contributed by atoms with Gasteiger partial charge in [0.15, 0.2) is 0 Å². The van der Waals surface area contributed by atoms with Crippen LogP contribution >= 0.6 is 0 Å². The fraction of sp³-hybridized carbons (Fsp3) is 0.812. The van der Waals surface area contributed by atoms with Crippen LogP contribution in [-0.2, 0) is 9.53 Å². The number of carbonyl (C=O) groups is 1. The monoisotopic (exact) mass is 254 g/mol. The Bertz CT molecular complexity index is 221. The van der Waals surface area contributed by atoms with E-state index in [2.05, 4.69) is 20.4 Å². The molecular weight excluding hydrogens is 224 g/mol. The van der Waals surface area contributed by atoms with Crippen LogP contribution in [-0.4, -0.2) is 12.6 Å². The van der Waals surface area contributed by atoms with Gasteiger partial charge in [-0.05, 0) is 19.3 Å². The van der Waals surface area contributed by atoms with Gasteiger partial charge in [0.25, 0.3) is 0 Å². The zero-order valence-corrected chi connectivity index (χ0v) is 12.3. The topological polar surface area (TPSA) is 26.3 Å². The molecule has 0 bridgehead atoms. The first-order valence-electron chi connectivity index (χ1n) is 7.57. The number of unbranched alkanes of at least 4 members (excludes halogenated alkanes) is 7. The highest BCUT2D eigenvalue weighted by molar-refractivity contribution is 5.87. The maximum Gasteiger partial charge on any atom is 0.333 e. The number of rotatable bonds is 12. The molecule has 18 heavy (non-hydrogen) atoms. The molecule has 0 spiro atoms. The minimum atomic E-state index is -0.195. The van der Waals surface area contributed by atoms with Crippen LogP contribution in [0.1, 0.15) is 78.1 Å². The number of carbonyl (C=O) groups excluding carboxylic acids is 1. The van der Waals surface area contributed by atoms with Crippen molar-refractivity contribution in [3.05, 3.63) is 12.2 Å². The SMILES string of the molecule is C=C(CCCCC)C(=O)OCCCCCCCC. The summed E-state index contributed by atoms with van der Waals surface area (Å²) >= 11 is 0. The van der Waals surface area contributed by atoms with Gasteiger partial charge in [0.05, 0.1) is 6.61 Å². The van der Waals surface area contributed by atoms with E-state index in [0.717, 1.165) is 32.1 Å². The van der Waals surface area contributed by atoms with E-state index in [9.17, 15) is 4.79 Å². The van der Waals surface area contributed by atoms with Gasteiger partial charge in [-0.3, -0.25) is 0 Å². The van der Waals surface area contributed by atoms with Crippen molar-refractivity contribution in [2.24, 2.45) is 0 Å². The van der Waals surface area contributed by atoms with Crippen molar-refractivity contribution >= 4 is 5.97 Å². The van der Waals surface area contributed by atoms with Gasteiger partial charge in [0.1, 0.15) is 0 Å². The molecule has 0 aromatic heterocycles. The standard InChI is InChI=1S/C16H30O2/c1-4-6-8-9-10-12-14-18-16(17)15(3)13-11-7-5-2/h3-14H2,1-2H3. The van der Waals surface area contributed by atoms with Crippen molar-refractivity contribution in [3.8, 4) is 0 Å². The Kier molecular flexibility index (Phi) is 12.1. The van der Waals surface area contributed by atoms with E-state index in [-0.39, 0.29) is 5.97 Å². The third-order valence-electron chi connectivity index (χ3n) is 3.10. The van der Waals surface area contributed by atoms with E-state index in [1.165, 1.54) is 32.1 Å². The van der Waals surface area contributed by atoms with Crippen LogP contribution < -0.4 is 0 Å². The van der Waals surface area contributed by atoms with Crippen molar-refractivity contribution in [2.75, 3.05) is 6.61 Å². The van der Waals surface area contributed by atoms with Gasteiger partial charge in [0.2, 0.25) is 0 Å². The molecule has 0 aliphatic rings. The van der Waals surface area contributed by atoms with E-state index in [0.29, 0.717) is 12.2 Å². The van der Waals surface area contributed by atoms with E-state index in [1.807, 2.05) is 0 Å². The van der Waals surface area contributed by atoms with Crippen LogP contribution in [0.5, 0.6) is 0 Å². The molecule has 0 unspecified atom stereocenters. The Labute approximate surface area is 113 Å². The molecule has 0 fully saturated rings. The lowest BCUT2D eigenvalue weighted by Gasteiger charge is -2.06. The highest BCUT2D eigenvalue weighted by Gasteiger charge is 2.07. The predicted octanol–water partition coefficient (Wildman–Crippen LogP) is 5.03. The summed E-state index contributed by atoms with van der Waals surface area (Å²) in [7, 11) is 0. The molecule has 2 heteroatoms. The number of esters is 1. The Balaban J connectivity index is 3.38. The molecule has 0 saturated heterocycles. The summed E-state index contributed by atoms with van der Waals surface area (Å²) in [6.07, 6.45) is 11.4. The molecule has 0 amide bonds. The lowest BCUT2D eigenvalue weighted by Crippen LogP contribution is -2.08. The predicted molar refractivity (Wildman–Crippen MR) is 77.6 cm³/mol. The molecule has 0 atom stereocenters. The van der Waals surface area contributed by atoms with Crippen LogP contribution in [0.4, 0.5) is 0 Å². The summed E-state index contributed by atoms with van der Waals surface area (Å²) in [6, 6.07) is 0. The van der Waals surface area contributed by atoms with Crippen molar-refractivity contribution in [1.29, 1.82) is 0 Å². The third kappa shape index (κ3) is 10.4. The van der Waals surface area contributed by atoms with Crippen LogP contribution in [0.3, 0.4) is 0 Å². The molecule has 0 saturated carbocycles. The van der Waals surface area contributed by atoms with Crippen LogP contribution in [0, 0.1) is 0 Å². The van der Waals surface area contributed by atoms with Crippen molar-refractivity contribution < 1.29 is 9.53 Å². The van der Waals surface area contributed by atoms with Crippen molar-refractivity contribution in [3.63, 3.8) is 0 Å². The molecule has 0 rings (SSSR count). The van der Waals surface area contributed by atoms with E-state index in [1.54, 1.807) is 0 Å². The smallest absolute Gasteiger partial charge is 0.333 e. The number of hydrogen-bond donors (Lipinski definition) is 0. The zero-order chi connectivity index (χ0) is 13.6. The Morgan fingerprint density at radius 1 is 0.889 bits per heavy atom. The van der Waals surface area contributed by atoms with Gasteiger partial charge in [-0.15, -0.1) is 0 Å². The minimum Gasteiger partial charge on any atom is -0.462 e. The van der Waals surface area contributed by atoms with Crippen molar-refractivity contribution in [1.82, 2.24) is 0 Å². The van der Waals surface area contributed by atoms with Gasteiger partial charge >= 0.3 is 5.97 Å². The van der Waals surface area contributed by atoms with Gasteiger partial charge in [-0.2, -0.15) is 0 Å². The minimum absolute atomic E-state index is 0.195. The first-order chi connectivity index (χ1) is 8.72. The fourth-order valence-corrected chi connectivity index (χ4v) is 1.84. The van der Waals surface area contributed by atoms with Crippen LogP contribution in [0.25, 0.3) is 0 Å². The Hall–Kier alpha value is -0.790. The fourth-order valence-electron chi connectivity index (χ4n) is 1.84. The van der Waals surface area contributed by atoms with Gasteiger partial charge in [0, 0.05) is 5.57 Å². The summed E-state index contributed by atoms with van der Waals surface area (Å²) < 4.78 is 5.20. The molecule has 0 heterocycles. The molecule has 0 aliphatic carbocycles. The molecule has 0 aromatic carbocycles. The van der Waals surface area contributed by atoms with Gasteiger partial charge in [-0.1, -0.05) is 65.4 Å². The second-order valence-electron chi connectivity index (χ2n) is 4.96. The quantitative estimate of drug-likeness (QED) is 0.277. The van der Waals surface area contributed by atoms with E-state index >= 15 is 0 Å². The summed E-state index contributed by atoms with van der Waals surface area (Å²) in [6.45, 7) is 8.71. The number of hydrogen-bond acceptors (Lipinski definition) is 2. The molecule has 0 aromatic rings. The molecule has 0 radical (unpaired) electrons. The number of ether oxygens (including phenoxy) is 1. The second-order valence-corrected chi connectivity index (χ2v) is 4.96. The third-order valence-corrected chi connectivity index (χ3v) is 3.10. The summed E-state index contributed by atoms with van der Waals surface area (Å²) in [5, 5.41) is 0. The van der Waals surface area contributed by atoms with E-state index in [4.69, 9.17) is 4.74 Å². The largest absolute Gasteiger partial charge is 0.462 e. The van der Waals surface area contributed by atoms with Crippen LogP contribution in [0.15, 0.2) is 12.2 Å². The maximum atomic E-state index is 11.6. The van der Waals surface area contributed by atoms with E-state index < -0.39 is 0 Å². The normalized spacial score (nSPS) is 10.3.